The summed E-state index contributed by atoms with van der Waals surface area (Å²) in [6, 6.07) is 3.05. The van der Waals surface area contributed by atoms with Gasteiger partial charge in [0.05, 0.1) is 17.6 Å². The second-order valence-corrected chi connectivity index (χ2v) is 11.3. The minimum atomic E-state index is -1.29. The Hall–Kier alpha value is -2.98. The highest BCUT2D eigenvalue weighted by Gasteiger charge is 2.34. The van der Waals surface area contributed by atoms with Crippen LogP contribution in [0, 0.1) is 11.2 Å². The summed E-state index contributed by atoms with van der Waals surface area (Å²) in [5, 5.41) is 22.4. The molecular formula is C28H37FN4O5. The molecule has 0 atom stereocenters. The Bertz CT molecular complexity index is 1260. The molecule has 2 saturated carbocycles. The van der Waals surface area contributed by atoms with E-state index < -0.39 is 23.2 Å². The molecule has 0 spiro atoms. The Labute approximate surface area is 221 Å². The molecule has 2 heterocycles. The molecule has 1 aromatic carbocycles. The average Bonchev–Trinajstić information content (AvgIpc) is 3.73. The Morgan fingerprint density at radius 2 is 1.76 bits per heavy atom. The molecule has 2 aliphatic carbocycles. The summed E-state index contributed by atoms with van der Waals surface area (Å²) in [7, 11) is 0. The van der Waals surface area contributed by atoms with Crippen LogP contribution in [0.1, 0.15) is 67.8 Å². The highest BCUT2D eigenvalue weighted by atomic mass is 19.1. The fourth-order valence-electron chi connectivity index (χ4n) is 6.25. The number of hydrogen-bond acceptors (Lipinski definition) is 6. The molecule has 5 rings (SSSR count). The number of nitrogens with one attached hydrogen (secondary N) is 1. The van der Waals surface area contributed by atoms with E-state index in [9.17, 15) is 24.6 Å². The van der Waals surface area contributed by atoms with Gasteiger partial charge in [-0.05, 0) is 43.2 Å². The van der Waals surface area contributed by atoms with Crippen LogP contribution in [-0.2, 0) is 4.79 Å². The molecule has 0 radical (unpaired) electrons. The number of carboxylic acids is 2. The molecule has 3 N–H and O–H groups in total. The highest BCUT2D eigenvalue weighted by molar-refractivity contribution is 5.93. The van der Waals surface area contributed by atoms with Gasteiger partial charge in [-0.15, -0.1) is 0 Å². The zero-order valence-electron chi connectivity index (χ0n) is 21.8. The molecular weight excluding hydrogens is 491 g/mol. The molecule has 3 aliphatic rings. The summed E-state index contributed by atoms with van der Waals surface area (Å²) in [5.74, 6) is -2.52. The van der Waals surface area contributed by atoms with Gasteiger partial charge in [-0.2, -0.15) is 0 Å². The quantitative estimate of drug-likeness (QED) is 0.403. The van der Waals surface area contributed by atoms with Crippen molar-refractivity contribution >= 4 is 28.5 Å². The fourth-order valence-corrected chi connectivity index (χ4v) is 6.25. The molecule has 0 amide bonds. The van der Waals surface area contributed by atoms with Crippen LogP contribution in [-0.4, -0.2) is 77.4 Å². The normalized spacial score (nSPS) is 20.1. The number of pyridine rings is 1. The Kier molecular flexibility index (Phi) is 7.72. The lowest BCUT2D eigenvalue weighted by Gasteiger charge is -2.38. The lowest BCUT2D eigenvalue weighted by Crippen LogP contribution is -2.49. The number of carbonyl (C=O) groups is 2. The highest BCUT2D eigenvalue weighted by Crippen LogP contribution is 2.39. The van der Waals surface area contributed by atoms with Crippen LogP contribution >= 0.6 is 0 Å². The topological polar surface area (TPSA) is 115 Å². The number of aromatic nitrogens is 1. The number of rotatable bonds is 10. The van der Waals surface area contributed by atoms with Gasteiger partial charge in [-0.25, -0.2) is 9.18 Å². The summed E-state index contributed by atoms with van der Waals surface area (Å²) >= 11 is 0. The molecule has 206 valence electrons. The molecule has 9 nitrogen and oxygen atoms in total. The van der Waals surface area contributed by atoms with Crippen molar-refractivity contribution in [2.45, 2.75) is 57.4 Å². The summed E-state index contributed by atoms with van der Waals surface area (Å²) in [5.41, 5.74) is -0.0756. The summed E-state index contributed by atoms with van der Waals surface area (Å²) < 4.78 is 17.0. The Balaban J connectivity index is 1.20. The number of piperazine rings is 1. The number of nitrogens with zero attached hydrogens (tertiary/aromatic N) is 3. The van der Waals surface area contributed by atoms with Gasteiger partial charge in [-0.1, -0.05) is 19.3 Å². The van der Waals surface area contributed by atoms with Crippen LogP contribution in [0.5, 0.6) is 0 Å². The molecule has 0 unspecified atom stereocenters. The maximum atomic E-state index is 15.2. The van der Waals surface area contributed by atoms with Crippen molar-refractivity contribution in [2.24, 2.45) is 5.41 Å². The maximum Gasteiger partial charge on any atom is 0.341 e. The lowest BCUT2D eigenvalue weighted by atomic mass is 9.72. The van der Waals surface area contributed by atoms with Gasteiger partial charge in [-0.3, -0.25) is 14.5 Å². The number of benzene rings is 1. The first-order valence-corrected chi connectivity index (χ1v) is 13.8. The third-order valence-electron chi connectivity index (χ3n) is 8.53. The minimum absolute atomic E-state index is 0.112. The van der Waals surface area contributed by atoms with Crippen LogP contribution in [0.2, 0.25) is 0 Å². The maximum absolute atomic E-state index is 15.2. The first kappa shape index (κ1) is 26.6. The summed E-state index contributed by atoms with van der Waals surface area (Å²) in [6.07, 6.45) is 8.77. The lowest BCUT2D eigenvalue weighted by molar-refractivity contribution is -0.140. The van der Waals surface area contributed by atoms with Crippen LogP contribution in [0.3, 0.4) is 0 Å². The number of aromatic carboxylic acids is 1. The van der Waals surface area contributed by atoms with Gasteiger partial charge >= 0.3 is 11.9 Å². The average molecular weight is 529 g/mol. The summed E-state index contributed by atoms with van der Waals surface area (Å²) in [6.45, 7) is 5.19. The van der Waals surface area contributed by atoms with E-state index in [2.05, 4.69) is 10.2 Å². The van der Waals surface area contributed by atoms with Crippen molar-refractivity contribution < 1.29 is 24.2 Å². The Morgan fingerprint density at radius 3 is 2.39 bits per heavy atom. The monoisotopic (exact) mass is 528 g/mol. The van der Waals surface area contributed by atoms with Crippen molar-refractivity contribution in [2.75, 3.05) is 50.7 Å². The summed E-state index contributed by atoms with van der Waals surface area (Å²) in [4.78, 5) is 40.0. The van der Waals surface area contributed by atoms with Crippen molar-refractivity contribution in [1.29, 1.82) is 0 Å². The molecule has 1 aromatic heterocycles. The molecule has 3 fully saturated rings. The minimum Gasteiger partial charge on any atom is -0.481 e. The third kappa shape index (κ3) is 5.71. The largest absolute Gasteiger partial charge is 0.481 e. The number of halogens is 1. The zero-order chi connectivity index (χ0) is 26.9. The van der Waals surface area contributed by atoms with E-state index in [4.69, 9.17) is 0 Å². The first-order chi connectivity index (χ1) is 18.3. The molecule has 1 saturated heterocycles. The van der Waals surface area contributed by atoms with E-state index in [1.165, 1.54) is 18.7 Å². The third-order valence-corrected chi connectivity index (χ3v) is 8.53. The number of carboxylic acid groups (broad SMARTS) is 2. The van der Waals surface area contributed by atoms with Crippen LogP contribution in [0.25, 0.3) is 10.9 Å². The van der Waals surface area contributed by atoms with E-state index in [0.29, 0.717) is 24.3 Å². The standard InChI is InChI=1S/C28H37FN4O5/c29-22-14-20-23(33(19-4-5-19)17-21(26(20)36)27(37)38)15-24(22)32-12-10-31(11-13-32)9-8-30-18-28(16-25(34)35)6-2-1-3-7-28/h14-15,17,19,30H,1-13,16,18H2,(H,34,35)(H,37,38). The van der Waals surface area contributed by atoms with Crippen LogP contribution < -0.4 is 15.6 Å². The molecule has 38 heavy (non-hydrogen) atoms. The number of aliphatic carboxylic acids is 1. The van der Waals surface area contributed by atoms with Gasteiger partial charge in [0.1, 0.15) is 11.4 Å². The van der Waals surface area contributed by atoms with Crippen molar-refractivity contribution in [3.05, 3.63) is 39.9 Å². The van der Waals surface area contributed by atoms with E-state index in [1.54, 1.807) is 6.07 Å². The number of anilines is 1. The molecule has 2 aromatic rings. The molecule has 0 bridgehead atoms. The predicted molar refractivity (Wildman–Crippen MR) is 143 cm³/mol. The van der Waals surface area contributed by atoms with E-state index >= 15 is 4.39 Å². The van der Waals surface area contributed by atoms with Gasteiger partial charge in [0.2, 0.25) is 5.43 Å². The van der Waals surface area contributed by atoms with Crippen LogP contribution in [0.15, 0.2) is 23.1 Å². The van der Waals surface area contributed by atoms with E-state index in [1.807, 2.05) is 9.47 Å². The van der Waals surface area contributed by atoms with Gasteiger partial charge in [0.15, 0.2) is 0 Å². The first-order valence-electron chi connectivity index (χ1n) is 13.8. The number of fused-ring (bicyclic) bond motifs is 1. The van der Waals surface area contributed by atoms with Crippen LogP contribution in [0.4, 0.5) is 10.1 Å². The predicted octanol–water partition coefficient (Wildman–Crippen LogP) is 3.31. The van der Waals surface area contributed by atoms with Gasteiger partial charge < -0.3 is 25.0 Å². The van der Waals surface area contributed by atoms with Crippen molar-refractivity contribution in [3.63, 3.8) is 0 Å². The van der Waals surface area contributed by atoms with Gasteiger partial charge in [0, 0.05) is 63.4 Å². The van der Waals surface area contributed by atoms with Crippen molar-refractivity contribution in [1.82, 2.24) is 14.8 Å². The Morgan fingerprint density at radius 1 is 1.05 bits per heavy atom. The fraction of sp³-hybridized carbons (Fsp3) is 0.607. The van der Waals surface area contributed by atoms with E-state index in [0.717, 1.165) is 71.2 Å². The molecule has 1 aliphatic heterocycles. The SMILES string of the molecule is O=C(O)CC1(CNCCN2CCN(c3cc4c(cc3F)c(=O)c(C(=O)O)cn4C3CC3)CC2)CCCCC1. The number of hydrogen-bond donors (Lipinski definition) is 3. The second-order valence-electron chi connectivity index (χ2n) is 11.3. The zero-order valence-corrected chi connectivity index (χ0v) is 21.8. The smallest absolute Gasteiger partial charge is 0.341 e. The van der Waals surface area contributed by atoms with Gasteiger partial charge in [0.25, 0.3) is 0 Å². The second kappa shape index (κ2) is 11.0. The van der Waals surface area contributed by atoms with Crippen molar-refractivity contribution in [3.8, 4) is 0 Å². The molecule has 10 heteroatoms. The van der Waals surface area contributed by atoms with E-state index in [-0.39, 0.29) is 28.8 Å².